The van der Waals surface area contributed by atoms with Gasteiger partial charge in [0.2, 0.25) is 6.19 Å². The summed E-state index contributed by atoms with van der Waals surface area (Å²) in [5.41, 5.74) is 0. The fraction of sp³-hybridized carbons (Fsp3) is 0.444. The monoisotopic (exact) mass is 278 g/mol. The van der Waals surface area contributed by atoms with Gasteiger partial charge >= 0.3 is 0 Å². The number of halogens is 3. The van der Waals surface area contributed by atoms with E-state index in [9.17, 15) is 8.78 Å². The number of hydrogen-bond acceptors (Lipinski definition) is 4. The first-order chi connectivity index (χ1) is 8.02. The summed E-state index contributed by atoms with van der Waals surface area (Å²) >= 11 is 6.86. The van der Waals surface area contributed by atoms with Crippen molar-refractivity contribution in [2.24, 2.45) is 4.99 Å². The number of aromatic nitrogens is 1. The predicted molar refractivity (Wildman–Crippen MR) is 62.3 cm³/mol. The molecule has 0 atom stereocenters. The molecular formula is C9H9ClF2N4S. The predicted octanol–water partition coefficient (Wildman–Crippen LogP) is 2.76. The minimum atomic E-state index is -2.50. The molecule has 0 aliphatic heterocycles. The summed E-state index contributed by atoms with van der Waals surface area (Å²) in [6.07, 6.45) is 0.596. The Morgan fingerprint density at radius 1 is 1.76 bits per heavy atom. The smallest absolute Gasteiger partial charge is 0.255 e. The van der Waals surface area contributed by atoms with Gasteiger partial charge in [0.05, 0.1) is 13.1 Å². The number of rotatable bonds is 4. The SMILES string of the molecule is CC(=NC#N)N(Cc1cnc(Cl)s1)CC(F)F. The van der Waals surface area contributed by atoms with Gasteiger partial charge in [-0.3, -0.25) is 0 Å². The highest BCUT2D eigenvalue weighted by Gasteiger charge is 2.15. The first kappa shape index (κ1) is 13.8. The first-order valence-corrected chi connectivity index (χ1v) is 5.79. The molecule has 0 saturated carbocycles. The molecule has 0 aliphatic carbocycles. The van der Waals surface area contributed by atoms with E-state index in [1.165, 1.54) is 29.4 Å². The Balaban J connectivity index is 2.77. The highest BCUT2D eigenvalue weighted by atomic mass is 35.5. The summed E-state index contributed by atoms with van der Waals surface area (Å²) in [6.45, 7) is 1.24. The molecule has 4 nitrogen and oxygen atoms in total. The van der Waals surface area contributed by atoms with Crippen molar-refractivity contribution in [3.63, 3.8) is 0 Å². The summed E-state index contributed by atoms with van der Waals surface area (Å²) in [5, 5.41) is 8.41. The first-order valence-electron chi connectivity index (χ1n) is 4.59. The molecule has 0 aliphatic rings. The van der Waals surface area contributed by atoms with Crippen molar-refractivity contribution in [1.82, 2.24) is 9.88 Å². The third-order valence-corrected chi connectivity index (χ3v) is 3.00. The number of nitriles is 1. The van der Waals surface area contributed by atoms with Gasteiger partial charge in [0.15, 0.2) is 4.47 Å². The molecule has 0 aromatic carbocycles. The third kappa shape index (κ3) is 4.63. The van der Waals surface area contributed by atoms with Gasteiger partial charge in [0.1, 0.15) is 5.84 Å². The molecule has 0 N–H and O–H groups in total. The lowest BCUT2D eigenvalue weighted by Gasteiger charge is -2.21. The van der Waals surface area contributed by atoms with Crippen molar-refractivity contribution in [2.75, 3.05) is 6.54 Å². The van der Waals surface area contributed by atoms with E-state index >= 15 is 0 Å². The molecule has 1 aromatic rings. The van der Waals surface area contributed by atoms with Gasteiger partial charge in [0, 0.05) is 11.1 Å². The topological polar surface area (TPSA) is 52.3 Å². The third-order valence-electron chi connectivity index (χ3n) is 1.90. The van der Waals surface area contributed by atoms with Crippen molar-refractivity contribution >= 4 is 28.8 Å². The van der Waals surface area contributed by atoms with Crippen LogP contribution < -0.4 is 0 Å². The van der Waals surface area contributed by atoms with Crippen LogP contribution in [0.3, 0.4) is 0 Å². The second-order valence-corrected chi connectivity index (χ2v) is 4.81. The number of nitrogens with zero attached hydrogens (tertiary/aromatic N) is 4. The molecule has 92 valence electrons. The Kier molecular flexibility index (Phi) is 5.25. The van der Waals surface area contributed by atoms with E-state index < -0.39 is 13.0 Å². The zero-order valence-corrected chi connectivity index (χ0v) is 10.5. The maximum Gasteiger partial charge on any atom is 0.255 e. The maximum atomic E-state index is 12.4. The van der Waals surface area contributed by atoms with Crippen LogP contribution >= 0.6 is 22.9 Å². The van der Waals surface area contributed by atoms with Crippen molar-refractivity contribution in [3.8, 4) is 6.19 Å². The lowest BCUT2D eigenvalue weighted by molar-refractivity contribution is 0.114. The standard InChI is InChI=1S/C9H9ClF2N4S/c1-6(15-5-13)16(4-8(11)12)3-7-2-14-9(10)17-7/h2,8H,3-4H2,1H3. The number of hydrogen-bond donors (Lipinski definition) is 0. The van der Waals surface area contributed by atoms with Crippen LogP contribution in [0.5, 0.6) is 0 Å². The molecule has 0 saturated heterocycles. The van der Waals surface area contributed by atoms with Gasteiger partial charge in [-0.1, -0.05) is 11.6 Å². The van der Waals surface area contributed by atoms with Crippen LogP contribution in [0, 0.1) is 11.5 Å². The van der Waals surface area contributed by atoms with Gasteiger partial charge in [-0.05, 0) is 6.92 Å². The van der Waals surface area contributed by atoms with E-state index in [2.05, 4.69) is 9.98 Å². The number of amidine groups is 1. The Hall–Kier alpha value is -1.26. The van der Waals surface area contributed by atoms with Gasteiger partial charge in [-0.15, -0.1) is 11.3 Å². The molecule has 17 heavy (non-hydrogen) atoms. The lowest BCUT2D eigenvalue weighted by atomic mass is 10.4. The van der Waals surface area contributed by atoms with Crippen LogP contribution in [0.2, 0.25) is 4.47 Å². The fourth-order valence-electron chi connectivity index (χ4n) is 1.17. The Morgan fingerprint density at radius 3 is 2.94 bits per heavy atom. The number of alkyl halides is 2. The van der Waals surface area contributed by atoms with E-state index in [4.69, 9.17) is 16.9 Å². The second-order valence-electron chi connectivity index (χ2n) is 3.11. The normalized spacial score (nSPS) is 11.6. The quantitative estimate of drug-likeness (QED) is 0.483. The van der Waals surface area contributed by atoms with Crippen molar-refractivity contribution in [3.05, 3.63) is 15.5 Å². The van der Waals surface area contributed by atoms with Gasteiger partial charge in [-0.2, -0.15) is 10.3 Å². The minimum absolute atomic E-state index is 0.214. The van der Waals surface area contributed by atoms with Gasteiger partial charge in [-0.25, -0.2) is 13.8 Å². The van der Waals surface area contributed by atoms with E-state index in [1.807, 2.05) is 0 Å². The zero-order valence-electron chi connectivity index (χ0n) is 8.90. The molecule has 0 spiro atoms. The molecule has 0 bridgehead atoms. The molecule has 1 rings (SSSR count). The van der Waals surface area contributed by atoms with Gasteiger partial charge < -0.3 is 4.90 Å². The summed E-state index contributed by atoms with van der Waals surface area (Å²) in [5.74, 6) is 0.248. The Bertz CT molecular complexity index is 440. The molecule has 1 heterocycles. The average Bonchev–Trinajstić information content (AvgIpc) is 2.63. The van der Waals surface area contributed by atoms with E-state index in [-0.39, 0.29) is 12.4 Å². The molecule has 0 unspecified atom stereocenters. The Labute approximate surface area is 106 Å². The van der Waals surface area contributed by atoms with Crippen LogP contribution in [0.1, 0.15) is 11.8 Å². The Morgan fingerprint density at radius 2 is 2.47 bits per heavy atom. The van der Waals surface area contributed by atoms with Crippen LogP contribution in [0.25, 0.3) is 0 Å². The van der Waals surface area contributed by atoms with E-state index in [0.717, 1.165) is 4.88 Å². The van der Waals surface area contributed by atoms with Crippen LogP contribution in [-0.2, 0) is 6.54 Å². The van der Waals surface area contributed by atoms with Crippen LogP contribution in [-0.4, -0.2) is 28.7 Å². The van der Waals surface area contributed by atoms with E-state index in [1.54, 1.807) is 6.19 Å². The minimum Gasteiger partial charge on any atom is -0.349 e. The van der Waals surface area contributed by atoms with Crippen LogP contribution in [0.15, 0.2) is 11.2 Å². The second kappa shape index (κ2) is 6.47. The average molecular weight is 279 g/mol. The zero-order chi connectivity index (χ0) is 12.8. The lowest BCUT2D eigenvalue weighted by Crippen LogP contribution is -2.32. The van der Waals surface area contributed by atoms with Crippen LogP contribution in [0.4, 0.5) is 8.78 Å². The molecule has 0 amide bonds. The largest absolute Gasteiger partial charge is 0.349 e. The molecule has 8 heteroatoms. The highest BCUT2D eigenvalue weighted by molar-refractivity contribution is 7.15. The summed E-state index contributed by atoms with van der Waals surface area (Å²) < 4.78 is 25.1. The van der Waals surface area contributed by atoms with Crippen molar-refractivity contribution < 1.29 is 8.78 Å². The molecule has 0 radical (unpaired) electrons. The van der Waals surface area contributed by atoms with Gasteiger partial charge in [0.25, 0.3) is 6.43 Å². The molecule has 1 aromatic heterocycles. The van der Waals surface area contributed by atoms with Crippen molar-refractivity contribution in [1.29, 1.82) is 5.26 Å². The molecule has 0 fully saturated rings. The van der Waals surface area contributed by atoms with Crippen molar-refractivity contribution in [2.45, 2.75) is 19.9 Å². The molecular weight excluding hydrogens is 270 g/mol. The number of aliphatic imine (C=N–C) groups is 1. The summed E-state index contributed by atoms with van der Waals surface area (Å²) in [6, 6.07) is 0. The highest BCUT2D eigenvalue weighted by Crippen LogP contribution is 2.19. The summed E-state index contributed by atoms with van der Waals surface area (Å²) in [7, 11) is 0. The van der Waals surface area contributed by atoms with E-state index in [0.29, 0.717) is 4.47 Å². The summed E-state index contributed by atoms with van der Waals surface area (Å²) in [4.78, 5) is 9.32. The fourth-order valence-corrected chi connectivity index (χ4v) is 2.16. The maximum absolute atomic E-state index is 12.4. The number of thiazole rings is 1.